The van der Waals surface area contributed by atoms with Gasteiger partial charge in [-0.1, -0.05) is 36.4 Å². The zero-order valence-electron chi connectivity index (χ0n) is 19.3. The van der Waals surface area contributed by atoms with Gasteiger partial charge in [-0.2, -0.15) is 0 Å². The number of hydrogen-bond acceptors (Lipinski definition) is 4. The van der Waals surface area contributed by atoms with Gasteiger partial charge in [-0.3, -0.25) is 4.90 Å². The highest BCUT2D eigenvalue weighted by atomic mass is 16.5. The van der Waals surface area contributed by atoms with Crippen LogP contribution in [0.2, 0.25) is 0 Å². The molecule has 0 saturated heterocycles. The number of ether oxygens (including phenoxy) is 3. The first-order valence-corrected chi connectivity index (χ1v) is 10.9. The van der Waals surface area contributed by atoms with E-state index in [0.717, 1.165) is 34.3 Å². The van der Waals surface area contributed by atoms with E-state index in [9.17, 15) is 0 Å². The summed E-state index contributed by atoms with van der Waals surface area (Å²) in [5.74, 6) is 2.41. The number of benzene rings is 3. The fourth-order valence-corrected chi connectivity index (χ4v) is 3.38. The second kappa shape index (κ2) is 10.3. The summed E-state index contributed by atoms with van der Waals surface area (Å²) in [5.41, 5.74) is 2.78. The third-order valence-corrected chi connectivity index (χ3v) is 4.41. The minimum Gasteiger partial charge on any atom is -0.489 e. The summed E-state index contributed by atoms with van der Waals surface area (Å²) in [6.45, 7) is 12.2. The number of nitrogens with zero attached hydrogens (tertiary/aromatic N) is 1. The Balaban J connectivity index is 2.26. The molecule has 0 spiro atoms. The van der Waals surface area contributed by atoms with Crippen molar-refractivity contribution >= 4 is 17.1 Å². The number of anilines is 3. The highest BCUT2D eigenvalue weighted by molar-refractivity contribution is 5.85. The first-order valence-electron chi connectivity index (χ1n) is 10.9. The summed E-state index contributed by atoms with van der Waals surface area (Å²) in [6.07, 6.45) is 0.145. The Hall–Kier alpha value is -3.14. The van der Waals surface area contributed by atoms with E-state index < -0.39 is 0 Å². The Morgan fingerprint density at radius 2 is 0.710 bits per heavy atom. The number of rotatable bonds is 9. The normalized spacial score (nSPS) is 11.1. The summed E-state index contributed by atoms with van der Waals surface area (Å²) < 4.78 is 18.6. The van der Waals surface area contributed by atoms with Crippen LogP contribution in [0.25, 0.3) is 0 Å². The Kier molecular flexibility index (Phi) is 7.45. The minimum atomic E-state index is 0.0484. The van der Waals surface area contributed by atoms with Gasteiger partial charge < -0.3 is 14.2 Å². The molecular formula is C27H33NO3. The van der Waals surface area contributed by atoms with Gasteiger partial charge in [0.2, 0.25) is 0 Å². The molecule has 4 heteroatoms. The fourth-order valence-electron chi connectivity index (χ4n) is 3.38. The van der Waals surface area contributed by atoms with E-state index in [1.807, 2.05) is 96.1 Å². The topological polar surface area (TPSA) is 30.9 Å². The highest BCUT2D eigenvalue weighted by Crippen LogP contribution is 2.47. The zero-order valence-corrected chi connectivity index (χ0v) is 19.3. The molecule has 0 amide bonds. The first kappa shape index (κ1) is 22.5. The molecule has 0 aliphatic carbocycles. The molecule has 31 heavy (non-hydrogen) atoms. The Labute approximate surface area is 186 Å². The van der Waals surface area contributed by atoms with Gasteiger partial charge in [0.25, 0.3) is 0 Å². The zero-order chi connectivity index (χ0) is 22.4. The van der Waals surface area contributed by atoms with E-state index in [-0.39, 0.29) is 18.3 Å². The Morgan fingerprint density at radius 1 is 0.452 bits per heavy atom. The summed E-state index contributed by atoms with van der Waals surface area (Å²) >= 11 is 0. The lowest BCUT2D eigenvalue weighted by Crippen LogP contribution is -2.18. The van der Waals surface area contributed by atoms with E-state index in [0.29, 0.717) is 0 Å². The third kappa shape index (κ3) is 5.72. The first-order chi connectivity index (χ1) is 14.9. The van der Waals surface area contributed by atoms with Gasteiger partial charge >= 0.3 is 0 Å². The molecule has 0 unspecified atom stereocenters. The maximum atomic E-state index is 6.19. The molecule has 0 fully saturated rings. The molecule has 3 aromatic carbocycles. The van der Waals surface area contributed by atoms with Crippen molar-refractivity contribution in [2.24, 2.45) is 0 Å². The van der Waals surface area contributed by atoms with Gasteiger partial charge in [-0.05, 0) is 77.9 Å². The minimum absolute atomic E-state index is 0.0484. The van der Waals surface area contributed by atoms with Crippen molar-refractivity contribution < 1.29 is 14.2 Å². The van der Waals surface area contributed by atoms with Crippen molar-refractivity contribution in [3.8, 4) is 17.2 Å². The van der Waals surface area contributed by atoms with Gasteiger partial charge in [0.15, 0.2) is 0 Å². The molecule has 0 atom stereocenters. The van der Waals surface area contributed by atoms with Crippen molar-refractivity contribution in [1.82, 2.24) is 0 Å². The van der Waals surface area contributed by atoms with Crippen LogP contribution in [0.15, 0.2) is 72.8 Å². The summed E-state index contributed by atoms with van der Waals surface area (Å²) in [6, 6.07) is 24.2. The van der Waals surface area contributed by atoms with E-state index >= 15 is 0 Å². The maximum absolute atomic E-state index is 6.19. The molecular weight excluding hydrogens is 386 g/mol. The average Bonchev–Trinajstić information content (AvgIpc) is 2.70. The summed E-state index contributed by atoms with van der Waals surface area (Å²) in [4.78, 5) is 2.16. The van der Waals surface area contributed by atoms with Crippen molar-refractivity contribution in [3.63, 3.8) is 0 Å². The van der Waals surface area contributed by atoms with Crippen molar-refractivity contribution in [1.29, 1.82) is 0 Å². The van der Waals surface area contributed by atoms with Crippen LogP contribution in [-0.4, -0.2) is 18.3 Å². The Morgan fingerprint density at radius 3 is 0.968 bits per heavy atom. The summed E-state index contributed by atoms with van der Waals surface area (Å²) in [5, 5.41) is 0. The van der Waals surface area contributed by atoms with Gasteiger partial charge in [-0.15, -0.1) is 0 Å². The maximum Gasteiger partial charge on any atom is 0.143 e. The SMILES string of the molecule is CC(C)Oc1ccccc1N(c1ccccc1OC(C)C)c1ccccc1OC(C)C. The Bertz CT molecular complexity index is 854. The summed E-state index contributed by atoms with van der Waals surface area (Å²) in [7, 11) is 0. The molecule has 0 aliphatic heterocycles. The average molecular weight is 420 g/mol. The molecule has 0 aliphatic rings. The lowest BCUT2D eigenvalue weighted by molar-refractivity contribution is 0.240. The van der Waals surface area contributed by atoms with Crippen LogP contribution >= 0.6 is 0 Å². The molecule has 3 rings (SSSR count). The van der Waals surface area contributed by atoms with Crippen molar-refractivity contribution in [2.45, 2.75) is 59.9 Å². The fraction of sp³-hybridized carbons (Fsp3) is 0.333. The van der Waals surface area contributed by atoms with Gasteiger partial charge in [0.1, 0.15) is 17.2 Å². The second-order valence-corrected chi connectivity index (χ2v) is 8.24. The monoisotopic (exact) mass is 419 g/mol. The van der Waals surface area contributed by atoms with Gasteiger partial charge in [0.05, 0.1) is 35.4 Å². The van der Waals surface area contributed by atoms with E-state index in [1.165, 1.54) is 0 Å². The van der Waals surface area contributed by atoms with Gasteiger partial charge in [-0.25, -0.2) is 0 Å². The quantitative estimate of drug-likeness (QED) is 0.359. The van der Waals surface area contributed by atoms with Crippen LogP contribution in [0, 0.1) is 0 Å². The van der Waals surface area contributed by atoms with Crippen LogP contribution in [0.5, 0.6) is 17.2 Å². The van der Waals surface area contributed by atoms with E-state index in [1.54, 1.807) is 0 Å². The molecule has 164 valence electrons. The number of para-hydroxylation sites is 6. The second-order valence-electron chi connectivity index (χ2n) is 8.24. The van der Waals surface area contributed by atoms with E-state index in [2.05, 4.69) is 23.1 Å². The molecule has 3 aromatic rings. The smallest absolute Gasteiger partial charge is 0.143 e. The molecule has 0 heterocycles. The predicted molar refractivity (Wildman–Crippen MR) is 128 cm³/mol. The highest BCUT2D eigenvalue weighted by Gasteiger charge is 2.24. The van der Waals surface area contributed by atoms with Crippen LogP contribution in [0.3, 0.4) is 0 Å². The van der Waals surface area contributed by atoms with E-state index in [4.69, 9.17) is 14.2 Å². The van der Waals surface area contributed by atoms with Crippen molar-refractivity contribution in [3.05, 3.63) is 72.8 Å². The van der Waals surface area contributed by atoms with Gasteiger partial charge in [0, 0.05) is 0 Å². The molecule has 0 radical (unpaired) electrons. The molecule has 0 N–H and O–H groups in total. The molecule has 0 saturated carbocycles. The molecule has 4 nitrogen and oxygen atoms in total. The largest absolute Gasteiger partial charge is 0.489 e. The van der Waals surface area contributed by atoms with Crippen LogP contribution < -0.4 is 19.1 Å². The molecule has 0 aromatic heterocycles. The van der Waals surface area contributed by atoms with Crippen LogP contribution in [-0.2, 0) is 0 Å². The van der Waals surface area contributed by atoms with Crippen LogP contribution in [0.1, 0.15) is 41.5 Å². The van der Waals surface area contributed by atoms with Crippen molar-refractivity contribution in [2.75, 3.05) is 4.90 Å². The lowest BCUT2D eigenvalue weighted by Gasteiger charge is -2.31. The predicted octanol–water partition coefficient (Wildman–Crippen LogP) is 7.52. The molecule has 0 bridgehead atoms. The number of hydrogen-bond donors (Lipinski definition) is 0. The lowest BCUT2D eigenvalue weighted by atomic mass is 10.1. The third-order valence-electron chi connectivity index (χ3n) is 4.41. The standard InChI is InChI=1S/C27H33NO3/c1-19(2)29-25-16-10-7-13-22(25)28(23-14-8-11-17-26(23)30-20(3)4)24-15-9-12-18-27(24)31-21(5)6/h7-21H,1-6H3. The van der Waals surface area contributed by atoms with Crippen LogP contribution in [0.4, 0.5) is 17.1 Å².